The average molecular weight is 261 g/mol. The fraction of sp³-hybridized carbons (Fsp3) is 0.714. The number of anilines is 1. The number of hydrogen-bond donors (Lipinski definition) is 2. The van der Waals surface area contributed by atoms with Gasteiger partial charge in [0, 0.05) is 36.9 Å². The molecule has 5 heteroatoms. The molecule has 104 valence electrons. The maximum atomic E-state index is 4.48. The van der Waals surface area contributed by atoms with E-state index in [1.54, 1.807) is 6.33 Å². The molecule has 3 atom stereocenters. The van der Waals surface area contributed by atoms with Crippen LogP contribution in [-0.4, -0.2) is 35.1 Å². The quantitative estimate of drug-likeness (QED) is 0.839. The number of piperidine rings is 1. The molecule has 1 aromatic heterocycles. The van der Waals surface area contributed by atoms with Crippen molar-refractivity contribution in [3.05, 3.63) is 18.1 Å². The summed E-state index contributed by atoms with van der Waals surface area (Å²) in [6.45, 7) is 6.50. The minimum atomic E-state index is 0.510. The van der Waals surface area contributed by atoms with Gasteiger partial charge in [0.1, 0.15) is 12.1 Å². The van der Waals surface area contributed by atoms with E-state index in [0.29, 0.717) is 18.0 Å². The Morgan fingerprint density at radius 2 is 2.21 bits per heavy atom. The highest BCUT2D eigenvalue weighted by molar-refractivity contribution is 5.41. The Balaban J connectivity index is 1.84. The largest absolute Gasteiger partial charge is 0.352 e. The third kappa shape index (κ3) is 2.58. The second-order valence-corrected chi connectivity index (χ2v) is 5.80. The topological polar surface area (TPSA) is 53.1 Å². The third-order valence-electron chi connectivity index (χ3n) is 4.35. The van der Waals surface area contributed by atoms with Gasteiger partial charge in [-0.05, 0) is 32.1 Å². The molecular formula is C14H23N5. The zero-order valence-corrected chi connectivity index (χ0v) is 11.8. The van der Waals surface area contributed by atoms with Gasteiger partial charge < -0.3 is 4.90 Å². The number of hydrogen-bond acceptors (Lipinski definition) is 5. The van der Waals surface area contributed by atoms with Gasteiger partial charge >= 0.3 is 0 Å². The Morgan fingerprint density at radius 1 is 1.32 bits per heavy atom. The summed E-state index contributed by atoms with van der Waals surface area (Å²) in [6.07, 6.45) is 5.50. The molecule has 0 aromatic carbocycles. The van der Waals surface area contributed by atoms with Crippen molar-refractivity contribution in [1.29, 1.82) is 0 Å². The summed E-state index contributed by atoms with van der Waals surface area (Å²) in [5.41, 5.74) is 7.79. The van der Waals surface area contributed by atoms with Gasteiger partial charge in [0.2, 0.25) is 0 Å². The van der Waals surface area contributed by atoms with Crippen molar-refractivity contribution in [3.8, 4) is 0 Å². The number of aryl methyl sites for hydroxylation is 1. The lowest BCUT2D eigenvalue weighted by Gasteiger charge is -2.41. The number of rotatable bonds is 2. The standard InChI is InChI=1S/C14H23N5/c1-10-8-17-18-14(10)12-5-3-4-6-19(12)13-7-11(2)15-9-16-13/h7,9-10,12,14,17-18H,3-6,8H2,1-2H3. The first-order valence-corrected chi connectivity index (χ1v) is 7.29. The Morgan fingerprint density at radius 3 is 2.95 bits per heavy atom. The van der Waals surface area contributed by atoms with E-state index in [1.165, 1.54) is 19.3 Å². The molecule has 0 aliphatic carbocycles. The average Bonchev–Trinajstić information content (AvgIpc) is 2.85. The molecule has 2 N–H and O–H groups in total. The van der Waals surface area contributed by atoms with E-state index >= 15 is 0 Å². The van der Waals surface area contributed by atoms with Crippen molar-refractivity contribution in [3.63, 3.8) is 0 Å². The van der Waals surface area contributed by atoms with Crippen LogP contribution in [0.25, 0.3) is 0 Å². The van der Waals surface area contributed by atoms with Crippen LogP contribution >= 0.6 is 0 Å². The second-order valence-electron chi connectivity index (χ2n) is 5.80. The van der Waals surface area contributed by atoms with Crippen molar-refractivity contribution in [2.75, 3.05) is 18.0 Å². The summed E-state index contributed by atoms with van der Waals surface area (Å²) in [6, 6.07) is 3.15. The van der Waals surface area contributed by atoms with Gasteiger partial charge in [-0.15, -0.1) is 0 Å². The van der Waals surface area contributed by atoms with Crippen molar-refractivity contribution >= 4 is 5.82 Å². The maximum Gasteiger partial charge on any atom is 0.132 e. The van der Waals surface area contributed by atoms with Gasteiger partial charge in [-0.3, -0.25) is 10.9 Å². The van der Waals surface area contributed by atoms with Crippen LogP contribution in [0.1, 0.15) is 31.9 Å². The Kier molecular flexibility index (Phi) is 3.66. The Bertz CT molecular complexity index is 436. The summed E-state index contributed by atoms with van der Waals surface area (Å²) in [7, 11) is 0. The lowest BCUT2D eigenvalue weighted by atomic mass is 9.89. The van der Waals surface area contributed by atoms with Crippen molar-refractivity contribution < 1.29 is 0 Å². The van der Waals surface area contributed by atoms with E-state index in [1.807, 2.05) is 6.92 Å². The zero-order valence-electron chi connectivity index (χ0n) is 11.8. The molecule has 0 radical (unpaired) electrons. The number of nitrogens with zero attached hydrogens (tertiary/aromatic N) is 3. The molecule has 19 heavy (non-hydrogen) atoms. The lowest BCUT2D eigenvalue weighted by Crippen LogP contribution is -2.53. The first-order chi connectivity index (χ1) is 9.25. The Labute approximate surface area is 114 Å². The molecule has 1 aromatic rings. The van der Waals surface area contributed by atoms with Crippen LogP contribution < -0.4 is 15.8 Å². The van der Waals surface area contributed by atoms with Crippen molar-refractivity contribution in [2.24, 2.45) is 5.92 Å². The van der Waals surface area contributed by atoms with Crippen LogP contribution in [0.4, 0.5) is 5.82 Å². The molecule has 2 aliphatic heterocycles. The molecule has 3 heterocycles. The van der Waals surface area contributed by atoms with Gasteiger partial charge in [-0.1, -0.05) is 6.92 Å². The first kappa shape index (κ1) is 12.8. The fourth-order valence-electron chi connectivity index (χ4n) is 3.30. The van der Waals surface area contributed by atoms with Gasteiger partial charge in [0.05, 0.1) is 0 Å². The summed E-state index contributed by atoms with van der Waals surface area (Å²) < 4.78 is 0. The predicted molar refractivity (Wildman–Crippen MR) is 75.8 cm³/mol. The molecule has 5 nitrogen and oxygen atoms in total. The van der Waals surface area contributed by atoms with Crippen LogP contribution in [0.15, 0.2) is 12.4 Å². The van der Waals surface area contributed by atoms with Crippen LogP contribution in [0.3, 0.4) is 0 Å². The first-order valence-electron chi connectivity index (χ1n) is 7.29. The minimum Gasteiger partial charge on any atom is -0.352 e. The highest BCUT2D eigenvalue weighted by atomic mass is 15.4. The van der Waals surface area contributed by atoms with Crippen molar-refractivity contribution in [2.45, 2.75) is 45.2 Å². The van der Waals surface area contributed by atoms with E-state index in [4.69, 9.17) is 0 Å². The fourth-order valence-corrected chi connectivity index (χ4v) is 3.30. The molecule has 0 amide bonds. The molecular weight excluding hydrogens is 238 g/mol. The van der Waals surface area contributed by atoms with E-state index in [0.717, 1.165) is 24.6 Å². The van der Waals surface area contributed by atoms with Crippen LogP contribution in [0, 0.1) is 12.8 Å². The lowest BCUT2D eigenvalue weighted by molar-refractivity contribution is 0.331. The number of aromatic nitrogens is 2. The van der Waals surface area contributed by atoms with E-state index in [9.17, 15) is 0 Å². The molecule has 2 saturated heterocycles. The highest BCUT2D eigenvalue weighted by Gasteiger charge is 2.36. The van der Waals surface area contributed by atoms with E-state index < -0.39 is 0 Å². The molecule has 3 unspecified atom stereocenters. The SMILES string of the molecule is Cc1cc(N2CCCCC2C2NNCC2C)ncn1. The molecule has 0 bridgehead atoms. The molecule has 2 aliphatic rings. The highest BCUT2D eigenvalue weighted by Crippen LogP contribution is 2.28. The summed E-state index contributed by atoms with van der Waals surface area (Å²) in [4.78, 5) is 11.2. The summed E-state index contributed by atoms with van der Waals surface area (Å²) in [5.74, 6) is 1.74. The molecule has 3 rings (SSSR count). The summed E-state index contributed by atoms with van der Waals surface area (Å²) >= 11 is 0. The van der Waals surface area contributed by atoms with Crippen LogP contribution in [0.2, 0.25) is 0 Å². The molecule has 2 fully saturated rings. The number of nitrogens with one attached hydrogen (secondary N) is 2. The zero-order chi connectivity index (χ0) is 13.2. The van der Waals surface area contributed by atoms with Gasteiger partial charge in [-0.2, -0.15) is 0 Å². The van der Waals surface area contributed by atoms with Crippen LogP contribution in [0.5, 0.6) is 0 Å². The van der Waals surface area contributed by atoms with E-state index in [-0.39, 0.29) is 0 Å². The predicted octanol–water partition coefficient (Wildman–Crippen LogP) is 1.26. The smallest absolute Gasteiger partial charge is 0.132 e. The van der Waals surface area contributed by atoms with Crippen molar-refractivity contribution in [1.82, 2.24) is 20.8 Å². The number of hydrazine groups is 1. The Hall–Kier alpha value is -1.20. The molecule has 0 spiro atoms. The van der Waals surface area contributed by atoms with Gasteiger partial charge in [0.15, 0.2) is 0 Å². The third-order valence-corrected chi connectivity index (χ3v) is 4.35. The second kappa shape index (κ2) is 5.43. The van der Waals surface area contributed by atoms with Gasteiger partial charge in [0.25, 0.3) is 0 Å². The van der Waals surface area contributed by atoms with Gasteiger partial charge in [-0.25, -0.2) is 9.97 Å². The molecule has 0 saturated carbocycles. The van der Waals surface area contributed by atoms with E-state index in [2.05, 4.69) is 38.7 Å². The monoisotopic (exact) mass is 261 g/mol. The maximum absolute atomic E-state index is 4.48. The minimum absolute atomic E-state index is 0.510. The summed E-state index contributed by atoms with van der Waals surface area (Å²) in [5, 5.41) is 0. The van der Waals surface area contributed by atoms with Crippen LogP contribution in [-0.2, 0) is 0 Å². The normalized spacial score (nSPS) is 31.7.